The number of carbonyl (C=O) groups excluding carboxylic acids is 1. The van der Waals surface area contributed by atoms with Crippen LogP contribution in [-0.2, 0) is 4.79 Å². The van der Waals surface area contributed by atoms with Gasteiger partial charge >= 0.3 is 0 Å². The lowest BCUT2D eigenvalue weighted by atomic mass is 9.98. The second kappa shape index (κ2) is 2.38. The molecule has 0 aromatic carbocycles. The molecule has 2 N–H and O–H groups in total. The Balaban J connectivity index is 2.24. The third-order valence-electron chi connectivity index (χ3n) is 1.91. The van der Waals surface area contributed by atoms with Crippen molar-refractivity contribution < 1.29 is 4.79 Å². The molecule has 2 aliphatic rings. The van der Waals surface area contributed by atoms with E-state index < -0.39 is 0 Å². The normalized spacial score (nSPS) is 28.2. The van der Waals surface area contributed by atoms with Gasteiger partial charge in [0.05, 0.1) is 12.6 Å². The van der Waals surface area contributed by atoms with E-state index >= 15 is 0 Å². The van der Waals surface area contributed by atoms with Crippen LogP contribution in [0, 0.1) is 5.92 Å². The van der Waals surface area contributed by atoms with Crippen LogP contribution < -0.4 is 10.6 Å². The molecule has 0 aliphatic carbocycles. The van der Waals surface area contributed by atoms with Crippen molar-refractivity contribution in [3.05, 3.63) is 11.9 Å². The molecular formula is C7H9N3O. The molecule has 0 aromatic rings. The summed E-state index contributed by atoms with van der Waals surface area (Å²) in [5, 5.41) is 5.80. The van der Waals surface area contributed by atoms with Crippen molar-refractivity contribution in [3.63, 3.8) is 0 Å². The molecular weight excluding hydrogens is 142 g/mol. The van der Waals surface area contributed by atoms with E-state index in [1.54, 1.807) is 12.4 Å². The lowest BCUT2D eigenvalue weighted by molar-refractivity contribution is -0.124. The van der Waals surface area contributed by atoms with Gasteiger partial charge in [0.1, 0.15) is 0 Å². The number of hydrogen-bond acceptors (Lipinski definition) is 3. The third-order valence-corrected chi connectivity index (χ3v) is 1.91. The Morgan fingerprint density at radius 2 is 2.45 bits per heavy atom. The summed E-state index contributed by atoms with van der Waals surface area (Å²) in [5.74, 6) is 0.0717. The van der Waals surface area contributed by atoms with E-state index in [0.717, 1.165) is 5.70 Å². The summed E-state index contributed by atoms with van der Waals surface area (Å²) in [7, 11) is 0. The lowest BCUT2D eigenvalue weighted by Crippen LogP contribution is -2.47. The quantitative estimate of drug-likeness (QED) is 0.494. The van der Waals surface area contributed by atoms with Crippen LogP contribution in [0.5, 0.6) is 0 Å². The van der Waals surface area contributed by atoms with Crippen LogP contribution >= 0.6 is 0 Å². The molecule has 0 radical (unpaired) electrons. The first-order valence-corrected chi connectivity index (χ1v) is 3.61. The molecule has 1 saturated heterocycles. The maximum absolute atomic E-state index is 11.2. The molecule has 0 spiro atoms. The zero-order valence-electron chi connectivity index (χ0n) is 6.00. The van der Waals surface area contributed by atoms with Crippen LogP contribution in [0.15, 0.2) is 16.9 Å². The SMILES string of the molecule is O=C1NCNC2=CN=CCC12. The van der Waals surface area contributed by atoms with Crippen LogP contribution in [-0.4, -0.2) is 18.8 Å². The van der Waals surface area contributed by atoms with E-state index in [4.69, 9.17) is 0 Å². The summed E-state index contributed by atoms with van der Waals surface area (Å²) in [6.07, 6.45) is 4.19. The van der Waals surface area contributed by atoms with Crippen LogP contribution in [0.25, 0.3) is 0 Å². The van der Waals surface area contributed by atoms with E-state index in [1.807, 2.05) is 0 Å². The van der Waals surface area contributed by atoms with Gasteiger partial charge in [0.15, 0.2) is 0 Å². The highest BCUT2D eigenvalue weighted by molar-refractivity contribution is 5.86. The largest absolute Gasteiger partial charge is 0.369 e. The molecule has 0 aromatic heterocycles. The highest BCUT2D eigenvalue weighted by atomic mass is 16.2. The maximum atomic E-state index is 11.2. The topological polar surface area (TPSA) is 53.5 Å². The van der Waals surface area contributed by atoms with E-state index in [-0.39, 0.29) is 11.8 Å². The van der Waals surface area contributed by atoms with E-state index in [0.29, 0.717) is 13.1 Å². The van der Waals surface area contributed by atoms with Gasteiger partial charge in [-0.2, -0.15) is 0 Å². The molecule has 58 valence electrons. The van der Waals surface area contributed by atoms with Crippen LogP contribution in [0.4, 0.5) is 0 Å². The Morgan fingerprint density at radius 3 is 3.27 bits per heavy atom. The lowest BCUT2D eigenvalue weighted by Gasteiger charge is -2.26. The van der Waals surface area contributed by atoms with Crippen LogP contribution in [0.1, 0.15) is 6.42 Å². The summed E-state index contributed by atoms with van der Waals surface area (Å²) in [5.41, 5.74) is 0.941. The highest BCUT2D eigenvalue weighted by Gasteiger charge is 2.26. The number of nitrogens with zero attached hydrogens (tertiary/aromatic N) is 1. The standard InChI is InChI=1S/C7H9N3O/c11-7-5-1-2-8-3-6(5)9-4-10-7/h2-3,5,9H,1,4H2,(H,10,11). The molecule has 2 aliphatic heterocycles. The fourth-order valence-electron chi connectivity index (χ4n) is 1.29. The van der Waals surface area contributed by atoms with Crippen LogP contribution in [0.2, 0.25) is 0 Å². The molecule has 1 fully saturated rings. The van der Waals surface area contributed by atoms with Crippen molar-refractivity contribution in [2.24, 2.45) is 10.9 Å². The van der Waals surface area contributed by atoms with Gasteiger partial charge in [-0.25, -0.2) is 0 Å². The summed E-state index contributed by atoms with van der Waals surface area (Å²) < 4.78 is 0. The van der Waals surface area contributed by atoms with Gasteiger partial charge in [-0.05, 0) is 6.42 Å². The summed E-state index contributed by atoms with van der Waals surface area (Å²) in [6, 6.07) is 0. The fraction of sp³-hybridized carbons (Fsp3) is 0.429. The minimum absolute atomic E-state index is 0.0266. The Hall–Kier alpha value is -1.32. The second-order valence-corrected chi connectivity index (χ2v) is 2.60. The van der Waals surface area contributed by atoms with Gasteiger partial charge in [-0.3, -0.25) is 9.79 Å². The van der Waals surface area contributed by atoms with E-state index in [9.17, 15) is 4.79 Å². The highest BCUT2D eigenvalue weighted by Crippen LogP contribution is 2.17. The molecule has 0 bridgehead atoms. The van der Waals surface area contributed by atoms with Crippen molar-refractivity contribution >= 4 is 12.1 Å². The van der Waals surface area contributed by atoms with Gasteiger partial charge < -0.3 is 10.6 Å². The van der Waals surface area contributed by atoms with Gasteiger partial charge in [-0.1, -0.05) is 0 Å². The number of nitrogens with one attached hydrogen (secondary N) is 2. The molecule has 2 rings (SSSR count). The minimum atomic E-state index is -0.0266. The molecule has 0 saturated carbocycles. The Labute approximate surface area is 64.4 Å². The van der Waals surface area contributed by atoms with Crippen molar-refractivity contribution in [2.45, 2.75) is 6.42 Å². The van der Waals surface area contributed by atoms with Crippen LogP contribution in [0.3, 0.4) is 0 Å². The molecule has 4 nitrogen and oxygen atoms in total. The summed E-state index contributed by atoms with van der Waals surface area (Å²) in [4.78, 5) is 15.1. The minimum Gasteiger partial charge on any atom is -0.369 e. The predicted octanol–water partition coefficient (Wildman–Crippen LogP) is -0.405. The number of rotatable bonds is 0. The Morgan fingerprint density at radius 1 is 1.55 bits per heavy atom. The third kappa shape index (κ3) is 1.00. The first-order valence-electron chi connectivity index (χ1n) is 3.61. The molecule has 11 heavy (non-hydrogen) atoms. The average Bonchev–Trinajstić information content (AvgIpc) is 2.06. The number of aliphatic imine (C=N–C) groups is 1. The number of carbonyl (C=O) groups is 1. The van der Waals surface area contributed by atoms with E-state index in [2.05, 4.69) is 15.6 Å². The smallest absolute Gasteiger partial charge is 0.230 e. The van der Waals surface area contributed by atoms with Crippen molar-refractivity contribution in [1.29, 1.82) is 0 Å². The first-order chi connectivity index (χ1) is 5.38. The number of fused-ring (bicyclic) bond motifs is 1. The average molecular weight is 151 g/mol. The van der Waals surface area contributed by atoms with Crippen molar-refractivity contribution in [1.82, 2.24) is 10.6 Å². The van der Waals surface area contributed by atoms with Gasteiger partial charge in [-0.15, -0.1) is 0 Å². The molecule has 1 unspecified atom stereocenters. The zero-order chi connectivity index (χ0) is 7.68. The maximum Gasteiger partial charge on any atom is 0.230 e. The summed E-state index contributed by atoms with van der Waals surface area (Å²) in [6.45, 7) is 0.524. The van der Waals surface area contributed by atoms with E-state index in [1.165, 1.54) is 0 Å². The van der Waals surface area contributed by atoms with Gasteiger partial charge in [0, 0.05) is 18.1 Å². The second-order valence-electron chi connectivity index (χ2n) is 2.60. The van der Waals surface area contributed by atoms with Crippen molar-refractivity contribution in [2.75, 3.05) is 6.67 Å². The number of amides is 1. The Kier molecular flexibility index (Phi) is 1.38. The molecule has 1 atom stereocenters. The summed E-state index contributed by atoms with van der Waals surface area (Å²) >= 11 is 0. The first kappa shape index (κ1) is 6.39. The monoisotopic (exact) mass is 151 g/mol. The zero-order valence-corrected chi connectivity index (χ0v) is 6.00. The molecule has 1 amide bonds. The Bertz CT molecular complexity index is 244. The molecule has 2 heterocycles. The fourth-order valence-corrected chi connectivity index (χ4v) is 1.29. The predicted molar refractivity (Wildman–Crippen MR) is 40.8 cm³/mol. The number of hydrogen-bond donors (Lipinski definition) is 2. The van der Waals surface area contributed by atoms with Gasteiger partial charge in [0.25, 0.3) is 0 Å². The molecule has 4 heteroatoms. The van der Waals surface area contributed by atoms with Crippen molar-refractivity contribution in [3.8, 4) is 0 Å². The van der Waals surface area contributed by atoms with Gasteiger partial charge in [0.2, 0.25) is 5.91 Å².